The van der Waals surface area contributed by atoms with Crippen LogP contribution in [0.15, 0.2) is 33.5 Å². The molecule has 0 unspecified atom stereocenters. The monoisotopic (exact) mass is 300 g/mol. The van der Waals surface area contributed by atoms with Gasteiger partial charge in [-0.1, -0.05) is 12.1 Å². The molecule has 1 heterocycles. The summed E-state index contributed by atoms with van der Waals surface area (Å²) < 4.78 is 15.9. The van der Waals surface area contributed by atoms with Crippen molar-refractivity contribution in [3.8, 4) is 0 Å². The van der Waals surface area contributed by atoms with Crippen molar-refractivity contribution >= 4 is 77.7 Å². The molecule has 0 aliphatic rings. The Morgan fingerprint density at radius 3 is 2.42 bits per heavy atom. The Hall–Kier alpha value is 0.580. The van der Waals surface area contributed by atoms with Gasteiger partial charge in [0.05, 0.1) is 6.16 Å². The van der Waals surface area contributed by atoms with Crippen LogP contribution >= 0.6 is 7.60 Å². The summed E-state index contributed by atoms with van der Waals surface area (Å²) in [6, 6.07) is 6.18. The molecule has 0 aliphatic carbocycles. The second-order valence-electron chi connectivity index (χ2n) is 3.90. The molecule has 0 fully saturated rings. The van der Waals surface area contributed by atoms with Crippen molar-refractivity contribution in [2.45, 2.75) is 13.1 Å². The van der Waals surface area contributed by atoms with Gasteiger partial charge in [-0.05, 0) is 24.1 Å². The average Bonchev–Trinajstić information content (AvgIpc) is 2.13. The molecule has 0 saturated heterocycles. The number of rotatable bonds is 2. The molecule has 1 aromatic heterocycles. The van der Waals surface area contributed by atoms with Crippen molar-refractivity contribution < 1.29 is 18.8 Å². The van der Waals surface area contributed by atoms with E-state index in [2.05, 4.69) is 0 Å². The van der Waals surface area contributed by atoms with E-state index in [1.54, 1.807) is 19.1 Å². The van der Waals surface area contributed by atoms with Crippen LogP contribution in [0.2, 0.25) is 0 Å². The minimum Gasteiger partial charge on any atom is -0.423 e. The molecule has 2 rings (SSSR count). The van der Waals surface area contributed by atoms with E-state index < -0.39 is 13.2 Å². The molecular weight excluding hydrogens is 289 g/mol. The number of benzene rings is 1. The van der Waals surface area contributed by atoms with E-state index in [0.717, 1.165) is 10.9 Å². The normalized spacial score (nSPS) is 10.7. The zero-order chi connectivity index (χ0) is 12.6. The molecule has 8 heteroatoms. The summed E-state index contributed by atoms with van der Waals surface area (Å²) in [5.74, 6) is 0. The van der Waals surface area contributed by atoms with Gasteiger partial charge < -0.3 is 14.2 Å². The predicted molar refractivity (Wildman–Crippen MR) is 74.5 cm³/mol. The summed E-state index contributed by atoms with van der Waals surface area (Å²) in [6.45, 7) is 1.78. The minimum atomic E-state index is -4.11. The molecule has 0 amide bonds. The Balaban J connectivity index is 0.00000162. The Morgan fingerprint density at radius 2 is 1.84 bits per heavy atom. The van der Waals surface area contributed by atoms with E-state index in [9.17, 15) is 9.36 Å². The molecule has 2 radical (unpaired) electrons. The van der Waals surface area contributed by atoms with Crippen molar-refractivity contribution in [3.63, 3.8) is 0 Å². The first-order chi connectivity index (χ1) is 7.85. The second kappa shape index (κ2) is 7.55. The van der Waals surface area contributed by atoms with Gasteiger partial charge in [-0.15, -0.1) is 0 Å². The molecule has 92 valence electrons. The van der Waals surface area contributed by atoms with Gasteiger partial charge in [-0.2, -0.15) is 0 Å². The fourth-order valence-electron chi connectivity index (χ4n) is 1.71. The van der Waals surface area contributed by atoms with Crippen LogP contribution < -0.4 is 5.63 Å². The fourth-order valence-corrected chi connectivity index (χ4v) is 2.38. The SMILES string of the molecule is Cc1cc(=O)oc2cc(CP(=O)(O)O)ccc12.[Na].[Na]. The maximum atomic E-state index is 11.2. The van der Waals surface area contributed by atoms with E-state index in [0.29, 0.717) is 11.1 Å². The third-order valence-corrected chi connectivity index (χ3v) is 3.18. The van der Waals surface area contributed by atoms with Crippen LogP contribution in [0.5, 0.6) is 0 Å². The van der Waals surface area contributed by atoms with Gasteiger partial charge in [-0.3, -0.25) is 4.57 Å². The van der Waals surface area contributed by atoms with E-state index in [4.69, 9.17) is 14.2 Å². The molecule has 2 aromatic rings. The van der Waals surface area contributed by atoms with Crippen LogP contribution in [-0.4, -0.2) is 68.9 Å². The molecule has 0 bridgehead atoms. The zero-order valence-corrected chi connectivity index (χ0v) is 16.0. The summed E-state index contributed by atoms with van der Waals surface area (Å²) in [6.07, 6.45) is -0.361. The van der Waals surface area contributed by atoms with E-state index >= 15 is 0 Å². The number of aryl methyl sites for hydroxylation is 1. The van der Waals surface area contributed by atoms with Crippen LogP contribution in [0.25, 0.3) is 11.0 Å². The van der Waals surface area contributed by atoms with Crippen molar-refractivity contribution in [1.82, 2.24) is 0 Å². The summed E-state index contributed by atoms with van der Waals surface area (Å²) in [5.41, 5.74) is 1.10. The molecule has 0 atom stereocenters. The van der Waals surface area contributed by atoms with Gasteiger partial charge in [-0.25, -0.2) is 4.79 Å². The summed E-state index contributed by atoms with van der Waals surface area (Å²) in [7, 11) is -4.11. The van der Waals surface area contributed by atoms with Crippen LogP contribution in [0, 0.1) is 6.92 Å². The predicted octanol–water partition coefficient (Wildman–Crippen LogP) is 1.02. The Bertz CT molecular complexity index is 676. The Kier molecular flexibility index (Phi) is 7.78. The van der Waals surface area contributed by atoms with Crippen LogP contribution in [0.3, 0.4) is 0 Å². The van der Waals surface area contributed by atoms with Gasteiger partial charge in [0.1, 0.15) is 5.58 Å². The maximum Gasteiger partial charge on any atom is 0.336 e. The summed E-state index contributed by atoms with van der Waals surface area (Å²) in [4.78, 5) is 28.9. The third kappa shape index (κ3) is 5.46. The first-order valence-electron chi connectivity index (χ1n) is 4.93. The van der Waals surface area contributed by atoms with E-state index in [1.165, 1.54) is 12.1 Å². The first kappa shape index (κ1) is 19.6. The summed E-state index contributed by atoms with van der Waals surface area (Å²) >= 11 is 0. The third-order valence-electron chi connectivity index (χ3n) is 2.40. The largest absolute Gasteiger partial charge is 0.423 e. The maximum absolute atomic E-state index is 11.2. The average molecular weight is 300 g/mol. The van der Waals surface area contributed by atoms with Crippen molar-refractivity contribution in [3.05, 3.63) is 45.8 Å². The fraction of sp³-hybridized carbons (Fsp3) is 0.182. The van der Waals surface area contributed by atoms with Gasteiger partial charge in [0.25, 0.3) is 0 Å². The topological polar surface area (TPSA) is 87.7 Å². The standard InChI is InChI=1S/C11H11O5P.2Na/c1-7-4-11(12)16-10-5-8(2-3-9(7)10)6-17(13,14)15;;/h2-5H,6H2,1H3,(H2,13,14,15);;. The number of fused-ring (bicyclic) bond motifs is 1. The number of hydrogen-bond acceptors (Lipinski definition) is 3. The van der Waals surface area contributed by atoms with Crippen molar-refractivity contribution in [1.29, 1.82) is 0 Å². The number of hydrogen-bond donors (Lipinski definition) is 2. The van der Waals surface area contributed by atoms with Crippen molar-refractivity contribution in [2.75, 3.05) is 0 Å². The first-order valence-corrected chi connectivity index (χ1v) is 6.73. The van der Waals surface area contributed by atoms with Crippen LogP contribution in [0.1, 0.15) is 11.1 Å². The molecule has 0 aliphatic heterocycles. The molecule has 0 saturated carbocycles. The van der Waals surface area contributed by atoms with Gasteiger partial charge in [0.2, 0.25) is 0 Å². The Morgan fingerprint density at radius 1 is 1.21 bits per heavy atom. The molecular formula is C11H11Na2O5P. The van der Waals surface area contributed by atoms with E-state index in [1.807, 2.05) is 0 Å². The summed E-state index contributed by atoms with van der Waals surface area (Å²) in [5, 5.41) is 0.763. The van der Waals surface area contributed by atoms with E-state index in [-0.39, 0.29) is 65.3 Å². The van der Waals surface area contributed by atoms with Gasteiger partial charge >= 0.3 is 13.2 Å². The van der Waals surface area contributed by atoms with Gasteiger partial charge in [0, 0.05) is 70.6 Å². The zero-order valence-electron chi connectivity index (χ0n) is 11.1. The minimum absolute atomic E-state index is 0. The second-order valence-corrected chi connectivity index (χ2v) is 5.55. The molecule has 0 spiro atoms. The quantitative estimate of drug-likeness (QED) is 0.491. The molecule has 5 nitrogen and oxygen atoms in total. The van der Waals surface area contributed by atoms with Crippen molar-refractivity contribution in [2.24, 2.45) is 0 Å². The van der Waals surface area contributed by atoms with Gasteiger partial charge in [0.15, 0.2) is 0 Å². The molecule has 2 N–H and O–H groups in total. The molecule has 1 aromatic carbocycles. The molecule has 19 heavy (non-hydrogen) atoms. The smallest absolute Gasteiger partial charge is 0.336 e. The Labute approximate surface area is 154 Å². The van der Waals surface area contributed by atoms with Crippen LogP contribution in [-0.2, 0) is 10.7 Å². The van der Waals surface area contributed by atoms with Crippen LogP contribution in [0.4, 0.5) is 0 Å².